The number of piperidine rings is 2. The molecule has 1 atom stereocenters. The Morgan fingerprint density at radius 3 is 2.40 bits per heavy atom. The van der Waals surface area contributed by atoms with E-state index in [0.29, 0.717) is 12.8 Å². The fourth-order valence-electron chi connectivity index (χ4n) is 4.37. The van der Waals surface area contributed by atoms with E-state index in [-0.39, 0.29) is 29.3 Å². The number of likely N-dealkylation sites (tertiary alicyclic amines) is 1. The van der Waals surface area contributed by atoms with Gasteiger partial charge in [-0.1, -0.05) is 26.2 Å². The second-order valence-corrected chi connectivity index (χ2v) is 7.09. The third-order valence-electron chi connectivity index (χ3n) is 5.36. The van der Waals surface area contributed by atoms with Crippen LogP contribution in [-0.4, -0.2) is 34.8 Å². The van der Waals surface area contributed by atoms with Gasteiger partial charge in [0.25, 0.3) is 0 Å². The van der Waals surface area contributed by atoms with Crippen molar-refractivity contribution < 1.29 is 9.59 Å². The predicted octanol–water partition coefficient (Wildman–Crippen LogP) is 2.23. The van der Waals surface area contributed by atoms with Gasteiger partial charge < -0.3 is 5.32 Å². The first-order valence-electron chi connectivity index (χ1n) is 8.20. The Bertz CT molecular complexity index is 378. The van der Waals surface area contributed by atoms with Crippen molar-refractivity contribution in [1.82, 2.24) is 10.2 Å². The van der Waals surface area contributed by atoms with Gasteiger partial charge in [-0.2, -0.15) is 0 Å². The predicted molar refractivity (Wildman–Crippen MR) is 77.1 cm³/mol. The van der Waals surface area contributed by atoms with Crippen LogP contribution < -0.4 is 5.32 Å². The minimum Gasteiger partial charge on any atom is -0.311 e. The lowest BCUT2D eigenvalue weighted by Crippen LogP contribution is -2.60. The van der Waals surface area contributed by atoms with Crippen LogP contribution in [0.1, 0.15) is 64.7 Å². The summed E-state index contributed by atoms with van der Waals surface area (Å²) in [7, 11) is 0. The van der Waals surface area contributed by atoms with Crippen LogP contribution >= 0.6 is 0 Å². The number of amides is 2. The van der Waals surface area contributed by atoms with Gasteiger partial charge in [0.1, 0.15) is 0 Å². The number of hydrogen-bond acceptors (Lipinski definition) is 3. The van der Waals surface area contributed by atoms with Crippen molar-refractivity contribution in [2.75, 3.05) is 6.54 Å². The zero-order chi connectivity index (χ0) is 14.2. The van der Waals surface area contributed by atoms with E-state index in [9.17, 15) is 9.59 Å². The number of rotatable bonds is 1. The highest BCUT2D eigenvalue weighted by Gasteiger charge is 2.43. The van der Waals surface area contributed by atoms with Crippen LogP contribution in [0.4, 0.5) is 0 Å². The molecule has 1 N–H and O–H groups in total. The second kappa shape index (κ2) is 5.47. The standard InChI is InChI=1S/C16H26N2O2/c1-12-9-14(19)18(15(20)10-12)13-5-8-17-16(11-13)6-3-2-4-7-16/h12-13,17H,2-11H2,1H3. The fraction of sp³-hybridized carbons (Fsp3) is 0.875. The molecule has 2 heterocycles. The quantitative estimate of drug-likeness (QED) is 0.748. The molecule has 2 amide bonds. The van der Waals surface area contributed by atoms with Crippen LogP contribution in [-0.2, 0) is 9.59 Å². The second-order valence-electron chi connectivity index (χ2n) is 7.09. The SMILES string of the molecule is CC1CC(=O)N(C2CCNC3(CCCCC3)C2)C(=O)C1. The van der Waals surface area contributed by atoms with Crippen molar-refractivity contribution in [1.29, 1.82) is 0 Å². The summed E-state index contributed by atoms with van der Waals surface area (Å²) >= 11 is 0. The lowest BCUT2D eigenvalue weighted by atomic mass is 9.74. The molecule has 1 spiro atoms. The van der Waals surface area contributed by atoms with E-state index in [4.69, 9.17) is 0 Å². The Morgan fingerprint density at radius 1 is 1.10 bits per heavy atom. The first kappa shape index (κ1) is 14.1. The van der Waals surface area contributed by atoms with E-state index < -0.39 is 0 Å². The van der Waals surface area contributed by atoms with E-state index in [1.165, 1.54) is 32.1 Å². The van der Waals surface area contributed by atoms with Gasteiger partial charge in [0, 0.05) is 24.4 Å². The molecule has 0 bridgehead atoms. The third-order valence-corrected chi connectivity index (χ3v) is 5.36. The van der Waals surface area contributed by atoms with Crippen molar-refractivity contribution in [2.45, 2.75) is 76.3 Å². The van der Waals surface area contributed by atoms with Gasteiger partial charge >= 0.3 is 0 Å². The van der Waals surface area contributed by atoms with Crippen LogP contribution in [0.5, 0.6) is 0 Å². The highest BCUT2D eigenvalue weighted by atomic mass is 16.2. The number of nitrogens with one attached hydrogen (secondary N) is 1. The van der Waals surface area contributed by atoms with Gasteiger partial charge in [0.2, 0.25) is 11.8 Å². The summed E-state index contributed by atoms with van der Waals surface area (Å²) in [4.78, 5) is 26.2. The van der Waals surface area contributed by atoms with Crippen molar-refractivity contribution in [3.05, 3.63) is 0 Å². The van der Waals surface area contributed by atoms with Crippen LogP contribution in [0.2, 0.25) is 0 Å². The zero-order valence-electron chi connectivity index (χ0n) is 12.5. The van der Waals surface area contributed by atoms with E-state index in [1.807, 2.05) is 6.92 Å². The average molecular weight is 278 g/mol. The normalized spacial score (nSPS) is 31.9. The smallest absolute Gasteiger partial charge is 0.229 e. The first-order chi connectivity index (χ1) is 9.60. The summed E-state index contributed by atoms with van der Waals surface area (Å²) in [5, 5.41) is 3.69. The summed E-state index contributed by atoms with van der Waals surface area (Å²) in [6.45, 7) is 2.94. The van der Waals surface area contributed by atoms with Crippen LogP contribution in [0.25, 0.3) is 0 Å². The molecule has 1 unspecified atom stereocenters. The molecule has 112 valence electrons. The molecule has 3 rings (SSSR count). The van der Waals surface area contributed by atoms with Gasteiger partial charge in [0.05, 0.1) is 0 Å². The molecule has 0 aromatic carbocycles. The van der Waals surface area contributed by atoms with Gasteiger partial charge in [-0.15, -0.1) is 0 Å². The molecule has 2 aliphatic heterocycles. The summed E-state index contributed by atoms with van der Waals surface area (Å²) < 4.78 is 0. The molecule has 3 aliphatic rings. The molecule has 20 heavy (non-hydrogen) atoms. The zero-order valence-corrected chi connectivity index (χ0v) is 12.5. The highest BCUT2D eigenvalue weighted by Crippen LogP contribution is 2.37. The van der Waals surface area contributed by atoms with E-state index in [2.05, 4.69) is 5.32 Å². The summed E-state index contributed by atoms with van der Waals surface area (Å²) in [6, 6.07) is 0.141. The van der Waals surface area contributed by atoms with Crippen LogP contribution in [0.15, 0.2) is 0 Å². The molecule has 0 aromatic heterocycles. The lowest BCUT2D eigenvalue weighted by molar-refractivity contribution is -0.154. The fourth-order valence-corrected chi connectivity index (χ4v) is 4.37. The maximum atomic E-state index is 12.3. The lowest BCUT2D eigenvalue weighted by Gasteiger charge is -2.47. The Morgan fingerprint density at radius 2 is 1.75 bits per heavy atom. The van der Waals surface area contributed by atoms with Crippen LogP contribution in [0.3, 0.4) is 0 Å². The molecule has 2 saturated heterocycles. The summed E-state index contributed by atoms with van der Waals surface area (Å²) in [5.74, 6) is 0.342. The molecule has 1 saturated carbocycles. The number of imide groups is 1. The van der Waals surface area contributed by atoms with E-state index in [1.54, 1.807) is 4.90 Å². The molecular weight excluding hydrogens is 252 g/mol. The third kappa shape index (κ3) is 2.62. The minimum absolute atomic E-state index is 0.0617. The van der Waals surface area contributed by atoms with Crippen molar-refractivity contribution in [3.8, 4) is 0 Å². The topological polar surface area (TPSA) is 49.4 Å². The Hall–Kier alpha value is -0.900. The molecule has 0 aromatic rings. The number of carbonyl (C=O) groups excluding carboxylic acids is 2. The first-order valence-corrected chi connectivity index (χ1v) is 8.20. The van der Waals surface area contributed by atoms with E-state index in [0.717, 1.165) is 19.4 Å². The van der Waals surface area contributed by atoms with Crippen LogP contribution in [0, 0.1) is 5.92 Å². The number of nitrogens with zero attached hydrogens (tertiary/aromatic N) is 1. The Kier molecular flexibility index (Phi) is 3.85. The van der Waals surface area contributed by atoms with Crippen molar-refractivity contribution in [2.24, 2.45) is 5.92 Å². The molecule has 4 heteroatoms. The summed E-state index contributed by atoms with van der Waals surface area (Å²) in [5.41, 5.74) is 0.199. The molecule has 4 nitrogen and oxygen atoms in total. The van der Waals surface area contributed by atoms with Gasteiger partial charge in [-0.3, -0.25) is 14.5 Å². The Labute approximate surface area is 121 Å². The number of carbonyl (C=O) groups is 2. The average Bonchev–Trinajstić information content (AvgIpc) is 2.38. The van der Waals surface area contributed by atoms with Gasteiger partial charge in [-0.25, -0.2) is 0 Å². The van der Waals surface area contributed by atoms with Crippen molar-refractivity contribution >= 4 is 11.8 Å². The number of hydrogen-bond donors (Lipinski definition) is 1. The Balaban J connectivity index is 1.73. The largest absolute Gasteiger partial charge is 0.311 e. The minimum atomic E-state index is 0.0617. The summed E-state index contributed by atoms with van der Waals surface area (Å²) in [6.07, 6.45) is 9.27. The van der Waals surface area contributed by atoms with Gasteiger partial charge in [0.15, 0.2) is 0 Å². The molecule has 3 fully saturated rings. The monoisotopic (exact) mass is 278 g/mol. The molecule has 1 aliphatic carbocycles. The van der Waals surface area contributed by atoms with Gasteiger partial charge in [-0.05, 0) is 38.1 Å². The van der Waals surface area contributed by atoms with Crippen molar-refractivity contribution in [3.63, 3.8) is 0 Å². The highest BCUT2D eigenvalue weighted by molar-refractivity contribution is 5.98. The maximum absolute atomic E-state index is 12.3. The molecular formula is C16H26N2O2. The molecule has 0 radical (unpaired) electrons. The van der Waals surface area contributed by atoms with E-state index >= 15 is 0 Å². The maximum Gasteiger partial charge on any atom is 0.229 e.